The van der Waals surface area contributed by atoms with E-state index in [1.54, 1.807) is 4.90 Å². The first-order valence-corrected chi connectivity index (χ1v) is 22.4. The number of rotatable bonds is 12. The second-order valence-corrected chi connectivity index (χ2v) is 21.8. The molecule has 280 valence electrons. The number of aromatic nitrogens is 4. The lowest BCUT2D eigenvalue weighted by atomic mass is 10.0. The van der Waals surface area contributed by atoms with E-state index in [0.29, 0.717) is 52.1 Å². The molecule has 0 N–H and O–H groups in total. The number of carbonyl (C=O) groups is 1. The summed E-state index contributed by atoms with van der Waals surface area (Å²) in [7, 11) is -1.16. The number of anilines is 2. The lowest BCUT2D eigenvalue weighted by Gasteiger charge is -2.38. The minimum absolute atomic E-state index is 0.266. The Labute approximate surface area is 304 Å². The molecule has 1 aromatic carbocycles. The molecule has 6 rings (SSSR count). The summed E-state index contributed by atoms with van der Waals surface area (Å²) in [6.07, 6.45) is 3.41. The standard InChI is InChI=1S/C37H58N8O5Si/c1-28-9-10-32-30(25-38-45(32)27-48-23-24-51(5,6)7)33(28)44-13-11-29-31(26-44)39-35(49-20-8-12-41-18-21-47-22-19-41)40-34(29)42-14-16-43(17-15-42)36(46)50-37(2,3)4/h9-10,25H,8,11-24,26-27H2,1-7H3. The molecule has 51 heavy (non-hydrogen) atoms. The molecule has 0 atom stereocenters. The Kier molecular flexibility index (Phi) is 11.7. The summed E-state index contributed by atoms with van der Waals surface area (Å²) in [5.74, 6) is 0.921. The zero-order chi connectivity index (χ0) is 36.2. The Morgan fingerprint density at radius 3 is 2.45 bits per heavy atom. The molecule has 0 unspecified atom stereocenters. The van der Waals surface area contributed by atoms with E-state index >= 15 is 0 Å². The van der Waals surface area contributed by atoms with Gasteiger partial charge in [0.25, 0.3) is 0 Å². The molecule has 14 heteroatoms. The molecule has 0 bridgehead atoms. The maximum Gasteiger partial charge on any atom is 0.410 e. The third kappa shape index (κ3) is 9.70. The van der Waals surface area contributed by atoms with Crippen LogP contribution in [0, 0.1) is 6.92 Å². The predicted octanol–water partition coefficient (Wildman–Crippen LogP) is 5.17. The zero-order valence-corrected chi connectivity index (χ0v) is 32.9. The van der Waals surface area contributed by atoms with Crippen LogP contribution < -0.4 is 14.5 Å². The van der Waals surface area contributed by atoms with Gasteiger partial charge in [-0.25, -0.2) is 9.48 Å². The number of fused-ring (bicyclic) bond motifs is 2. The summed E-state index contributed by atoms with van der Waals surface area (Å²) in [4.78, 5) is 31.8. The van der Waals surface area contributed by atoms with Crippen molar-refractivity contribution >= 4 is 36.6 Å². The lowest BCUT2D eigenvalue weighted by Crippen LogP contribution is -2.50. The SMILES string of the molecule is Cc1ccc2c(cnn2COCC[Si](C)(C)C)c1N1CCc2c(nc(OCCCN3CCOCC3)nc2N2CCN(C(=O)OC(C)(C)C)CC2)C1. The van der Waals surface area contributed by atoms with Crippen LogP contribution in [0.2, 0.25) is 25.7 Å². The molecule has 0 saturated carbocycles. The summed E-state index contributed by atoms with van der Waals surface area (Å²) in [5, 5.41) is 5.87. The third-order valence-electron chi connectivity index (χ3n) is 9.73. The fourth-order valence-corrected chi connectivity index (χ4v) is 7.67. The topological polar surface area (TPSA) is 111 Å². The van der Waals surface area contributed by atoms with Crippen molar-refractivity contribution < 1.29 is 23.7 Å². The number of carbonyl (C=O) groups excluding carboxylic acids is 1. The van der Waals surface area contributed by atoms with Gasteiger partial charge in [0, 0.05) is 78.0 Å². The predicted molar refractivity (Wildman–Crippen MR) is 203 cm³/mol. The van der Waals surface area contributed by atoms with Gasteiger partial charge in [0.1, 0.15) is 18.1 Å². The van der Waals surface area contributed by atoms with E-state index in [0.717, 1.165) is 92.9 Å². The van der Waals surface area contributed by atoms with Gasteiger partial charge in [-0.05, 0) is 58.2 Å². The molecule has 2 aromatic heterocycles. The Balaban J connectivity index is 1.20. The number of piperazine rings is 1. The van der Waals surface area contributed by atoms with Crippen molar-refractivity contribution in [2.75, 3.05) is 88.6 Å². The highest BCUT2D eigenvalue weighted by Gasteiger charge is 2.31. The fraction of sp³-hybridized carbons (Fsp3) is 0.676. The van der Waals surface area contributed by atoms with Gasteiger partial charge in [-0.15, -0.1) is 0 Å². The van der Waals surface area contributed by atoms with Crippen molar-refractivity contribution in [2.45, 2.75) is 85.1 Å². The number of aryl methyl sites for hydroxylation is 1. The number of amides is 1. The monoisotopic (exact) mass is 722 g/mol. The molecule has 3 aliphatic rings. The number of morpholine rings is 1. The van der Waals surface area contributed by atoms with E-state index in [-0.39, 0.29) is 6.09 Å². The summed E-state index contributed by atoms with van der Waals surface area (Å²) >= 11 is 0. The third-order valence-corrected chi connectivity index (χ3v) is 11.4. The maximum absolute atomic E-state index is 12.8. The van der Waals surface area contributed by atoms with Crippen molar-refractivity contribution in [2.24, 2.45) is 0 Å². The van der Waals surface area contributed by atoms with Gasteiger partial charge >= 0.3 is 12.1 Å². The summed E-state index contributed by atoms with van der Waals surface area (Å²) in [6, 6.07) is 5.89. The Morgan fingerprint density at radius 1 is 0.961 bits per heavy atom. The first-order chi connectivity index (χ1) is 24.3. The highest BCUT2D eigenvalue weighted by Crippen LogP contribution is 2.36. The number of nitrogens with zero attached hydrogens (tertiary/aromatic N) is 8. The van der Waals surface area contributed by atoms with Gasteiger partial charge in [-0.3, -0.25) is 4.90 Å². The lowest BCUT2D eigenvalue weighted by molar-refractivity contribution is 0.0240. The molecule has 3 aromatic rings. The number of hydrogen-bond donors (Lipinski definition) is 0. The van der Waals surface area contributed by atoms with Crippen LogP contribution in [0.1, 0.15) is 44.0 Å². The Morgan fingerprint density at radius 2 is 1.73 bits per heavy atom. The molecule has 0 aliphatic carbocycles. The van der Waals surface area contributed by atoms with Crippen molar-refractivity contribution in [3.05, 3.63) is 35.2 Å². The summed E-state index contributed by atoms with van der Waals surface area (Å²) < 4.78 is 25.5. The molecule has 2 saturated heterocycles. The maximum atomic E-state index is 12.8. The van der Waals surface area contributed by atoms with Crippen molar-refractivity contribution in [3.63, 3.8) is 0 Å². The van der Waals surface area contributed by atoms with E-state index in [4.69, 9.17) is 34.0 Å². The van der Waals surface area contributed by atoms with Gasteiger partial charge in [0.15, 0.2) is 0 Å². The van der Waals surface area contributed by atoms with Crippen LogP contribution in [0.15, 0.2) is 18.3 Å². The number of hydrogen-bond acceptors (Lipinski definition) is 11. The first-order valence-electron chi connectivity index (χ1n) is 18.7. The molecule has 5 heterocycles. The Bertz CT molecular complexity index is 1640. The molecule has 2 fully saturated rings. The second-order valence-electron chi connectivity index (χ2n) is 16.2. The van der Waals surface area contributed by atoms with Gasteiger partial charge in [-0.2, -0.15) is 15.1 Å². The second kappa shape index (κ2) is 16.1. The highest BCUT2D eigenvalue weighted by atomic mass is 28.3. The van der Waals surface area contributed by atoms with Crippen molar-refractivity contribution in [1.29, 1.82) is 0 Å². The minimum Gasteiger partial charge on any atom is -0.463 e. The number of benzene rings is 1. The minimum atomic E-state index is -1.16. The van der Waals surface area contributed by atoms with E-state index in [9.17, 15) is 4.79 Å². The average molecular weight is 723 g/mol. The molecule has 1 amide bonds. The van der Waals surface area contributed by atoms with Crippen LogP contribution in [0.25, 0.3) is 10.9 Å². The van der Waals surface area contributed by atoms with Crippen LogP contribution in [0.3, 0.4) is 0 Å². The van der Waals surface area contributed by atoms with E-state index in [1.807, 2.05) is 31.6 Å². The summed E-state index contributed by atoms with van der Waals surface area (Å²) in [5.41, 5.74) is 5.09. The van der Waals surface area contributed by atoms with E-state index in [1.165, 1.54) is 11.3 Å². The smallest absolute Gasteiger partial charge is 0.410 e. The van der Waals surface area contributed by atoms with Crippen LogP contribution in [-0.4, -0.2) is 128 Å². The molecule has 13 nitrogen and oxygen atoms in total. The highest BCUT2D eigenvalue weighted by molar-refractivity contribution is 6.76. The zero-order valence-electron chi connectivity index (χ0n) is 31.9. The van der Waals surface area contributed by atoms with E-state index in [2.05, 4.69) is 53.4 Å². The van der Waals surface area contributed by atoms with Crippen LogP contribution >= 0.6 is 0 Å². The molecule has 0 spiro atoms. The molecular weight excluding hydrogens is 665 g/mol. The fourth-order valence-electron chi connectivity index (χ4n) is 6.91. The quantitative estimate of drug-likeness (QED) is 0.183. The molecular formula is C37H58N8O5Si. The van der Waals surface area contributed by atoms with Crippen LogP contribution in [0.4, 0.5) is 16.3 Å². The van der Waals surface area contributed by atoms with E-state index < -0.39 is 13.7 Å². The van der Waals surface area contributed by atoms with Gasteiger partial charge in [-0.1, -0.05) is 25.7 Å². The van der Waals surface area contributed by atoms with Gasteiger partial charge < -0.3 is 33.6 Å². The number of ether oxygens (including phenoxy) is 4. The summed E-state index contributed by atoms with van der Waals surface area (Å²) in [6.45, 7) is 25.1. The normalized spacial score (nSPS) is 17.6. The molecule has 0 radical (unpaired) electrons. The van der Waals surface area contributed by atoms with Crippen molar-refractivity contribution in [1.82, 2.24) is 29.5 Å². The largest absolute Gasteiger partial charge is 0.463 e. The van der Waals surface area contributed by atoms with Crippen molar-refractivity contribution in [3.8, 4) is 6.01 Å². The van der Waals surface area contributed by atoms with Gasteiger partial charge in [0.05, 0.1) is 49.5 Å². The van der Waals surface area contributed by atoms with Gasteiger partial charge in [0.2, 0.25) is 0 Å². The molecule has 3 aliphatic heterocycles. The Hall–Kier alpha value is -3.46. The van der Waals surface area contributed by atoms with Crippen LogP contribution in [0.5, 0.6) is 6.01 Å². The average Bonchev–Trinajstić information content (AvgIpc) is 3.50. The first kappa shape index (κ1) is 37.3. The van der Waals surface area contributed by atoms with Crippen LogP contribution in [-0.2, 0) is 33.9 Å².